The number of methoxy groups -OCH3 is 2. The second-order valence-electron chi connectivity index (χ2n) is 7.71. The zero-order valence-electron chi connectivity index (χ0n) is 18.0. The molecule has 164 valence electrons. The van der Waals surface area contributed by atoms with E-state index in [-0.39, 0.29) is 30.7 Å². The summed E-state index contributed by atoms with van der Waals surface area (Å²) in [6.07, 6.45) is 2.17. The van der Waals surface area contributed by atoms with Crippen LogP contribution in [-0.2, 0) is 9.59 Å². The van der Waals surface area contributed by atoms with E-state index < -0.39 is 0 Å². The number of benzene rings is 2. The lowest BCUT2D eigenvalue weighted by molar-refractivity contribution is -0.134. The van der Waals surface area contributed by atoms with E-state index in [0.29, 0.717) is 36.9 Å². The molecule has 2 aliphatic heterocycles. The highest BCUT2D eigenvalue weighted by Gasteiger charge is 2.32. The van der Waals surface area contributed by atoms with Gasteiger partial charge in [0.05, 0.1) is 32.5 Å². The lowest BCUT2D eigenvalue weighted by Crippen LogP contribution is -2.39. The summed E-state index contributed by atoms with van der Waals surface area (Å²) in [5.41, 5.74) is 1.75. The maximum Gasteiger partial charge on any atom is 0.227 e. The summed E-state index contributed by atoms with van der Waals surface area (Å²) in [5.74, 6) is 2.08. The zero-order valence-corrected chi connectivity index (χ0v) is 18.0. The smallest absolute Gasteiger partial charge is 0.227 e. The lowest BCUT2D eigenvalue weighted by atomic mass is 10.0. The third kappa shape index (κ3) is 4.31. The molecule has 1 unspecified atom stereocenters. The molecule has 2 heterocycles. The molecular weight excluding hydrogens is 396 g/mol. The second-order valence-corrected chi connectivity index (χ2v) is 7.71. The number of hydrogen-bond acceptors (Lipinski definition) is 5. The normalized spacial score (nSPS) is 17.7. The molecule has 0 N–H and O–H groups in total. The Hall–Kier alpha value is -3.22. The Balaban J connectivity index is 1.42. The van der Waals surface area contributed by atoms with E-state index in [1.165, 1.54) is 0 Å². The molecule has 2 amide bonds. The molecular formula is C24H28N2O5. The predicted octanol–water partition coefficient (Wildman–Crippen LogP) is 3.57. The molecule has 4 rings (SSSR count). The van der Waals surface area contributed by atoms with Gasteiger partial charge in [-0.15, -0.1) is 0 Å². The van der Waals surface area contributed by atoms with Gasteiger partial charge in [0, 0.05) is 31.0 Å². The van der Waals surface area contributed by atoms with Crippen molar-refractivity contribution in [3.05, 3.63) is 48.0 Å². The summed E-state index contributed by atoms with van der Waals surface area (Å²) in [6.45, 7) is 1.65. The zero-order chi connectivity index (χ0) is 21.8. The number of rotatable bonds is 6. The van der Waals surface area contributed by atoms with Crippen LogP contribution in [0, 0.1) is 0 Å². The maximum atomic E-state index is 13.0. The highest BCUT2D eigenvalue weighted by Crippen LogP contribution is 2.39. The minimum Gasteiger partial charge on any atom is -0.497 e. The van der Waals surface area contributed by atoms with Crippen LogP contribution < -0.4 is 19.1 Å². The van der Waals surface area contributed by atoms with Crippen LogP contribution in [0.1, 0.15) is 37.3 Å². The Kier molecular flexibility index (Phi) is 6.30. The maximum absolute atomic E-state index is 13.0. The fourth-order valence-electron chi connectivity index (χ4n) is 4.40. The van der Waals surface area contributed by atoms with Crippen molar-refractivity contribution in [2.75, 3.05) is 38.8 Å². The fraction of sp³-hybridized carbons (Fsp3) is 0.417. The number of likely N-dealkylation sites (tertiary alicyclic amines) is 1. The molecule has 2 aromatic carbocycles. The van der Waals surface area contributed by atoms with Crippen LogP contribution in [0.25, 0.3) is 0 Å². The van der Waals surface area contributed by atoms with Crippen molar-refractivity contribution < 1.29 is 23.8 Å². The van der Waals surface area contributed by atoms with Crippen molar-refractivity contribution in [3.8, 4) is 17.2 Å². The molecule has 0 aromatic heterocycles. The van der Waals surface area contributed by atoms with Gasteiger partial charge < -0.3 is 24.0 Å². The Morgan fingerprint density at radius 2 is 1.84 bits per heavy atom. The topological polar surface area (TPSA) is 68.3 Å². The highest BCUT2D eigenvalue weighted by atomic mass is 16.5. The van der Waals surface area contributed by atoms with Crippen LogP contribution in [0.3, 0.4) is 0 Å². The average molecular weight is 424 g/mol. The summed E-state index contributed by atoms with van der Waals surface area (Å²) in [4.78, 5) is 29.5. The Morgan fingerprint density at radius 1 is 1.03 bits per heavy atom. The van der Waals surface area contributed by atoms with Gasteiger partial charge in [-0.25, -0.2) is 0 Å². The summed E-state index contributed by atoms with van der Waals surface area (Å²) in [7, 11) is 3.24. The third-order valence-corrected chi connectivity index (χ3v) is 5.96. The molecule has 0 aliphatic carbocycles. The average Bonchev–Trinajstić information content (AvgIpc) is 3.31. The number of para-hydroxylation sites is 2. The van der Waals surface area contributed by atoms with E-state index in [9.17, 15) is 9.59 Å². The van der Waals surface area contributed by atoms with Gasteiger partial charge in [-0.2, -0.15) is 0 Å². The van der Waals surface area contributed by atoms with Crippen LogP contribution >= 0.6 is 0 Å². The first kappa shape index (κ1) is 21.0. The summed E-state index contributed by atoms with van der Waals surface area (Å²) in [6, 6.07) is 13.1. The van der Waals surface area contributed by atoms with Crippen LogP contribution in [0.5, 0.6) is 17.2 Å². The Bertz CT molecular complexity index is 961. The molecule has 2 aliphatic rings. The molecule has 2 aromatic rings. The number of ether oxygens (including phenoxy) is 3. The van der Waals surface area contributed by atoms with Gasteiger partial charge in [0.2, 0.25) is 11.8 Å². The molecule has 7 heteroatoms. The molecule has 0 saturated carbocycles. The van der Waals surface area contributed by atoms with E-state index in [1.54, 1.807) is 19.1 Å². The van der Waals surface area contributed by atoms with Crippen LogP contribution in [0.15, 0.2) is 42.5 Å². The number of carbonyl (C=O) groups excluding carboxylic acids is 2. The number of anilines is 1. The molecule has 0 bridgehead atoms. The minimum absolute atomic E-state index is 0.00438. The number of fused-ring (bicyclic) bond motifs is 1. The van der Waals surface area contributed by atoms with Gasteiger partial charge in [-0.05, 0) is 37.1 Å². The molecule has 1 atom stereocenters. The van der Waals surface area contributed by atoms with Gasteiger partial charge in [-0.1, -0.05) is 12.1 Å². The Morgan fingerprint density at radius 3 is 2.65 bits per heavy atom. The first-order valence-electron chi connectivity index (χ1n) is 10.7. The minimum atomic E-state index is -0.0538. The molecule has 0 spiro atoms. The van der Waals surface area contributed by atoms with Crippen molar-refractivity contribution in [1.29, 1.82) is 0 Å². The van der Waals surface area contributed by atoms with Crippen molar-refractivity contribution in [2.24, 2.45) is 0 Å². The van der Waals surface area contributed by atoms with Gasteiger partial charge in [0.15, 0.2) is 0 Å². The van der Waals surface area contributed by atoms with E-state index in [1.807, 2.05) is 47.4 Å². The van der Waals surface area contributed by atoms with Gasteiger partial charge in [0.1, 0.15) is 23.9 Å². The number of hydrogen-bond donors (Lipinski definition) is 0. The predicted molar refractivity (Wildman–Crippen MR) is 117 cm³/mol. The largest absolute Gasteiger partial charge is 0.497 e. The third-order valence-electron chi connectivity index (χ3n) is 5.96. The van der Waals surface area contributed by atoms with Crippen LogP contribution in [0.4, 0.5) is 5.69 Å². The van der Waals surface area contributed by atoms with E-state index in [2.05, 4.69) is 0 Å². The van der Waals surface area contributed by atoms with Gasteiger partial charge in [0.25, 0.3) is 0 Å². The first-order chi connectivity index (χ1) is 15.1. The molecule has 1 fully saturated rings. The van der Waals surface area contributed by atoms with Gasteiger partial charge >= 0.3 is 0 Å². The fourth-order valence-corrected chi connectivity index (χ4v) is 4.40. The lowest BCUT2D eigenvalue weighted by Gasteiger charge is -2.30. The van der Waals surface area contributed by atoms with E-state index in [0.717, 1.165) is 24.1 Å². The van der Waals surface area contributed by atoms with E-state index >= 15 is 0 Å². The molecule has 1 saturated heterocycles. The number of carbonyl (C=O) groups is 2. The number of nitrogens with zero attached hydrogens (tertiary/aromatic N) is 2. The highest BCUT2D eigenvalue weighted by molar-refractivity contribution is 5.97. The SMILES string of the molecule is COc1ccc(C2CCCN2C(=O)CCC(=O)N2CCOc3ccccc32)c(OC)c1. The second kappa shape index (κ2) is 9.29. The van der Waals surface area contributed by atoms with Crippen molar-refractivity contribution in [1.82, 2.24) is 4.90 Å². The standard InChI is InChI=1S/C24H28N2O5/c1-29-17-9-10-18(22(16-17)30-2)19-7-5-13-25(19)23(27)11-12-24(28)26-14-15-31-21-8-4-3-6-20(21)26/h3-4,6,8-10,16,19H,5,7,11-15H2,1-2H3. The molecule has 31 heavy (non-hydrogen) atoms. The van der Waals surface area contributed by atoms with Crippen molar-refractivity contribution in [2.45, 2.75) is 31.7 Å². The van der Waals surface area contributed by atoms with Crippen LogP contribution in [0.2, 0.25) is 0 Å². The van der Waals surface area contributed by atoms with Crippen molar-refractivity contribution in [3.63, 3.8) is 0 Å². The van der Waals surface area contributed by atoms with Crippen LogP contribution in [-0.4, -0.2) is 50.6 Å². The molecule has 0 radical (unpaired) electrons. The molecule has 7 nitrogen and oxygen atoms in total. The summed E-state index contributed by atoms with van der Waals surface area (Å²) in [5, 5.41) is 0. The first-order valence-corrected chi connectivity index (χ1v) is 10.7. The Labute approximate surface area is 182 Å². The monoisotopic (exact) mass is 424 g/mol. The quantitative estimate of drug-likeness (QED) is 0.709. The van der Waals surface area contributed by atoms with Crippen molar-refractivity contribution >= 4 is 17.5 Å². The van der Waals surface area contributed by atoms with E-state index in [4.69, 9.17) is 14.2 Å². The van der Waals surface area contributed by atoms with Gasteiger partial charge in [-0.3, -0.25) is 9.59 Å². The summed E-state index contributed by atoms with van der Waals surface area (Å²) < 4.78 is 16.5. The number of amides is 2. The summed E-state index contributed by atoms with van der Waals surface area (Å²) >= 11 is 0.